The van der Waals surface area contributed by atoms with Crippen molar-refractivity contribution in [1.82, 2.24) is 0 Å². The van der Waals surface area contributed by atoms with Crippen molar-refractivity contribution in [1.29, 1.82) is 0 Å². The molecule has 0 amide bonds. The second-order valence-corrected chi connectivity index (χ2v) is 5.55. The van der Waals surface area contributed by atoms with Crippen LogP contribution in [-0.2, 0) is 0 Å². The van der Waals surface area contributed by atoms with E-state index < -0.39 is 6.67 Å². The first kappa shape index (κ1) is 17.5. The predicted molar refractivity (Wildman–Crippen MR) is 79.1 cm³/mol. The van der Waals surface area contributed by atoms with Gasteiger partial charge in [0.25, 0.3) is 0 Å². The Balaban J connectivity index is 4.66. The largest absolute Gasteiger partial charge is 0.402 e. The van der Waals surface area contributed by atoms with E-state index in [0.717, 1.165) is 18.0 Å². The minimum Gasteiger partial charge on any atom is -0.402 e. The van der Waals surface area contributed by atoms with E-state index in [1.807, 2.05) is 0 Å². The molecule has 0 spiro atoms. The van der Waals surface area contributed by atoms with Crippen molar-refractivity contribution in [2.45, 2.75) is 66.2 Å². The van der Waals surface area contributed by atoms with Crippen molar-refractivity contribution >= 4 is 0 Å². The van der Waals surface area contributed by atoms with Crippen LogP contribution >= 0.6 is 0 Å². The van der Waals surface area contributed by atoms with Gasteiger partial charge in [-0.15, -0.1) is 0 Å². The summed E-state index contributed by atoms with van der Waals surface area (Å²) in [5, 5.41) is 0. The number of rotatable bonds is 10. The maximum absolute atomic E-state index is 12.4. The Hall–Kier alpha value is -0.530. The number of hydrogen-bond acceptors (Lipinski definition) is 1. The summed E-state index contributed by atoms with van der Waals surface area (Å²) in [4.78, 5) is 0. The smallest absolute Gasteiger partial charge is 0.110 e. The minimum atomic E-state index is -0.439. The molecule has 2 heteroatoms. The molecule has 0 radical (unpaired) electrons. The van der Waals surface area contributed by atoms with Gasteiger partial charge in [0.05, 0.1) is 0 Å². The van der Waals surface area contributed by atoms with Gasteiger partial charge in [-0.1, -0.05) is 53.4 Å². The van der Waals surface area contributed by atoms with E-state index in [0.29, 0.717) is 11.8 Å². The molecule has 1 nitrogen and oxygen atoms in total. The Bertz CT molecular complexity index is 225. The number of alkyl halides is 1. The monoisotopic (exact) mass is 257 g/mol. The van der Waals surface area contributed by atoms with Gasteiger partial charge >= 0.3 is 0 Å². The lowest BCUT2D eigenvalue weighted by atomic mass is 9.78. The molecule has 0 aliphatic rings. The molecule has 0 aliphatic heterocycles. The summed E-state index contributed by atoms with van der Waals surface area (Å²) in [7, 11) is 0. The van der Waals surface area contributed by atoms with Crippen LogP contribution in [0.25, 0.3) is 0 Å². The molecule has 0 aromatic rings. The standard InChI is InChI=1S/C16H32FN/c1-5-8-13(4)12-14(9-6-2)15(7-3)16(18)10-11-17/h10,13-15H,5-9,11-12,18H2,1-4H3. The average Bonchev–Trinajstić information content (AvgIpc) is 2.30. The number of halogens is 1. The highest BCUT2D eigenvalue weighted by atomic mass is 19.1. The quantitative estimate of drug-likeness (QED) is 0.581. The van der Waals surface area contributed by atoms with Gasteiger partial charge in [0.1, 0.15) is 6.67 Å². The highest BCUT2D eigenvalue weighted by molar-refractivity contribution is 5.04. The van der Waals surface area contributed by atoms with Crippen LogP contribution in [-0.4, -0.2) is 6.67 Å². The third-order valence-electron chi connectivity index (χ3n) is 3.90. The molecular formula is C16H32FN. The van der Waals surface area contributed by atoms with Crippen molar-refractivity contribution in [3.63, 3.8) is 0 Å². The lowest BCUT2D eigenvalue weighted by Gasteiger charge is -2.29. The van der Waals surface area contributed by atoms with E-state index >= 15 is 0 Å². The van der Waals surface area contributed by atoms with Crippen LogP contribution in [0.1, 0.15) is 66.2 Å². The van der Waals surface area contributed by atoms with E-state index in [-0.39, 0.29) is 0 Å². The molecule has 18 heavy (non-hydrogen) atoms. The van der Waals surface area contributed by atoms with E-state index in [1.54, 1.807) is 6.08 Å². The van der Waals surface area contributed by atoms with Gasteiger partial charge in [-0.25, -0.2) is 4.39 Å². The van der Waals surface area contributed by atoms with Crippen LogP contribution in [0.2, 0.25) is 0 Å². The lowest BCUT2D eigenvalue weighted by molar-refractivity contribution is 0.269. The zero-order chi connectivity index (χ0) is 14.0. The molecule has 0 rings (SSSR count). The SMILES string of the molecule is CCCC(C)CC(CCC)C(CC)C(N)=CCF. The Morgan fingerprint density at radius 3 is 2.22 bits per heavy atom. The van der Waals surface area contributed by atoms with Crippen molar-refractivity contribution < 1.29 is 4.39 Å². The van der Waals surface area contributed by atoms with Crippen molar-refractivity contribution in [2.24, 2.45) is 23.5 Å². The first-order valence-electron chi connectivity index (χ1n) is 7.61. The summed E-state index contributed by atoms with van der Waals surface area (Å²) in [5.74, 6) is 1.73. The van der Waals surface area contributed by atoms with Gasteiger partial charge in [0.2, 0.25) is 0 Å². The first-order chi connectivity index (χ1) is 8.60. The summed E-state index contributed by atoms with van der Waals surface area (Å²) < 4.78 is 12.4. The third kappa shape index (κ3) is 6.42. The fourth-order valence-electron chi connectivity index (χ4n) is 3.06. The van der Waals surface area contributed by atoms with Gasteiger partial charge in [0, 0.05) is 11.6 Å². The van der Waals surface area contributed by atoms with Gasteiger partial charge in [-0.3, -0.25) is 0 Å². The first-order valence-corrected chi connectivity index (χ1v) is 7.61. The highest BCUT2D eigenvalue weighted by Gasteiger charge is 2.23. The van der Waals surface area contributed by atoms with Gasteiger partial charge in [0.15, 0.2) is 0 Å². The lowest BCUT2D eigenvalue weighted by Crippen LogP contribution is -2.23. The summed E-state index contributed by atoms with van der Waals surface area (Å²) in [5.41, 5.74) is 6.81. The molecule has 0 heterocycles. The third-order valence-corrected chi connectivity index (χ3v) is 3.90. The molecule has 0 aromatic heterocycles. The topological polar surface area (TPSA) is 26.0 Å². The molecule has 0 fully saturated rings. The molecule has 0 aliphatic carbocycles. The van der Waals surface area contributed by atoms with Crippen molar-refractivity contribution in [2.75, 3.05) is 6.67 Å². The predicted octanol–water partition coefficient (Wildman–Crippen LogP) is 5.07. The number of allylic oxidation sites excluding steroid dienone is 2. The fourth-order valence-corrected chi connectivity index (χ4v) is 3.06. The Morgan fingerprint density at radius 1 is 1.17 bits per heavy atom. The van der Waals surface area contributed by atoms with Gasteiger partial charge in [-0.05, 0) is 30.8 Å². The number of hydrogen-bond donors (Lipinski definition) is 1. The average molecular weight is 257 g/mol. The molecule has 0 saturated heterocycles. The van der Waals surface area contributed by atoms with E-state index in [9.17, 15) is 4.39 Å². The second kappa shape index (κ2) is 10.4. The molecule has 3 unspecified atom stereocenters. The molecule has 2 N–H and O–H groups in total. The summed E-state index contributed by atoms with van der Waals surface area (Å²) >= 11 is 0. The maximum atomic E-state index is 12.4. The van der Waals surface area contributed by atoms with E-state index in [4.69, 9.17) is 5.73 Å². The zero-order valence-electron chi connectivity index (χ0n) is 12.7. The van der Waals surface area contributed by atoms with Gasteiger partial charge < -0.3 is 5.73 Å². The van der Waals surface area contributed by atoms with E-state index in [1.165, 1.54) is 32.1 Å². The van der Waals surface area contributed by atoms with Crippen molar-refractivity contribution in [3.05, 3.63) is 11.8 Å². The second-order valence-electron chi connectivity index (χ2n) is 5.55. The van der Waals surface area contributed by atoms with Gasteiger partial charge in [-0.2, -0.15) is 0 Å². The van der Waals surface area contributed by atoms with E-state index in [2.05, 4.69) is 27.7 Å². The normalized spacial score (nSPS) is 17.5. The Kier molecular flexibility index (Phi) is 10.1. The summed E-state index contributed by atoms with van der Waals surface area (Å²) in [6.45, 7) is 8.51. The highest BCUT2D eigenvalue weighted by Crippen LogP contribution is 2.32. The van der Waals surface area contributed by atoms with Crippen LogP contribution < -0.4 is 5.73 Å². The molecule has 0 saturated carbocycles. The molecule has 108 valence electrons. The van der Waals surface area contributed by atoms with Crippen LogP contribution in [0.15, 0.2) is 11.8 Å². The molecule has 0 aromatic carbocycles. The molecule has 0 bridgehead atoms. The van der Waals surface area contributed by atoms with Crippen molar-refractivity contribution in [3.8, 4) is 0 Å². The zero-order valence-corrected chi connectivity index (χ0v) is 12.7. The van der Waals surface area contributed by atoms with Crippen LogP contribution in [0, 0.1) is 17.8 Å². The van der Waals surface area contributed by atoms with Crippen LogP contribution in [0.5, 0.6) is 0 Å². The fraction of sp³-hybridized carbons (Fsp3) is 0.875. The molecular weight excluding hydrogens is 225 g/mol. The number of nitrogens with two attached hydrogens (primary N) is 1. The Morgan fingerprint density at radius 2 is 1.78 bits per heavy atom. The minimum absolute atomic E-state index is 0.361. The summed E-state index contributed by atoms with van der Waals surface area (Å²) in [6.07, 6.45) is 8.71. The maximum Gasteiger partial charge on any atom is 0.110 e. The van der Waals surface area contributed by atoms with Crippen LogP contribution in [0.4, 0.5) is 4.39 Å². The van der Waals surface area contributed by atoms with Crippen LogP contribution in [0.3, 0.4) is 0 Å². The Labute approximate surface area is 113 Å². The molecule has 3 atom stereocenters. The summed E-state index contributed by atoms with van der Waals surface area (Å²) in [6, 6.07) is 0.